The lowest BCUT2D eigenvalue weighted by Gasteiger charge is -2.40. The maximum atomic E-state index is 11.8. The average Bonchev–Trinajstić information content (AvgIpc) is 2.49. The number of rotatable bonds is 3. The van der Waals surface area contributed by atoms with Crippen LogP contribution in [-0.2, 0) is 9.53 Å². The number of aliphatic hydroxyl groups excluding tert-OH is 1. The molecule has 0 spiro atoms. The molecule has 1 N–H and O–H groups in total. The summed E-state index contributed by atoms with van der Waals surface area (Å²) in [4.78, 5) is 11.8. The zero-order valence-electron chi connectivity index (χ0n) is 13.7. The lowest BCUT2D eigenvalue weighted by atomic mass is 9.67. The Balaban J connectivity index is 2.46. The van der Waals surface area contributed by atoms with Gasteiger partial charge in [0.05, 0.1) is 12.7 Å². The van der Waals surface area contributed by atoms with Crippen LogP contribution >= 0.6 is 0 Å². The highest BCUT2D eigenvalue weighted by atomic mass is 16.5. The maximum absolute atomic E-state index is 11.8. The van der Waals surface area contributed by atoms with Crippen molar-refractivity contribution < 1.29 is 14.6 Å². The lowest BCUT2D eigenvalue weighted by Crippen LogP contribution is -2.36. The Hall–Kier alpha value is -1.87. The third kappa shape index (κ3) is 3.14. The highest BCUT2D eigenvalue weighted by molar-refractivity contribution is 5.85. The minimum atomic E-state index is -0.677. The zero-order valence-corrected chi connectivity index (χ0v) is 13.7. The summed E-state index contributed by atoms with van der Waals surface area (Å²) in [6, 6.07) is 10.1. The fourth-order valence-electron chi connectivity index (χ4n) is 2.91. The van der Waals surface area contributed by atoms with E-state index >= 15 is 0 Å². The Kier molecular flexibility index (Phi) is 4.87. The molecule has 0 aliphatic heterocycles. The van der Waals surface area contributed by atoms with E-state index in [1.165, 1.54) is 11.6 Å². The highest BCUT2D eigenvalue weighted by Crippen LogP contribution is 2.46. The third-order valence-electron chi connectivity index (χ3n) is 4.55. The summed E-state index contributed by atoms with van der Waals surface area (Å²) in [6.07, 6.45) is 1.34. The number of allylic oxidation sites excluding steroid dienone is 1. The van der Waals surface area contributed by atoms with Crippen molar-refractivity contribution in [3.63, 3.8) is 0 Å². The topological polar surface area (TPSA) is 46.5 Å². The van der Waals surface area contributed by atoms with Crippen molar-refractivity contribution in [3.8, 4) is 0 Å². The fraction of sp³-hybridized carbons (Fsp3) is 0.421. The number of hydrogen-bond acceptors (Lipinski definition) is 3. The fourth-order valence-corrected chi connectivity index (χ4v) is 2.91. The van der Waals surface area contributed by atoms with Crippen LogP contribution < -0.4 is 0 Å². The first-order chi connectivity index (χ1) is 10.4. The zero-order chi connectivity index (χ0) is 16.3. The molecule has 1 aromatic rings. The Labute approximate surface area is 132 Å². The minimum absolute atomic E-state index is 0.336. The molecule has 0 saturated carbocycles. The Bertz CT molecular complexity index is 609. The highest BCUT2D eigenvalue weighted by Gasteiger charge is 2.38. The van der Waals surface area contributed by atoms with Crippen LogP contribution in [0.3, 0.4) is 0 Å². The van der Waals surface area contributed by atoms with Gasteiger partial charge in [-0.15, -0.1) is 0 Å². The van der Waals surface area contributed by atoms with E-state index in [-0.39, 0.29) is 5.97 Å². The number of carbonyl (C=O) groups excluding carboxylic acids is 1. The molecule has 118 valence electrons. The second-order valence-electron chi connectivity index (χ2n) is 6.24. The molecule has 0 fully saturated rings. The van der Waals surface area contributed by atoms with Gasteiger partial charge >= 0.3 is 5.97 Å². The molecular weight excluding hydrogens is 276 g/mol. The molecule has 0 saturated heterocycles. The monoisotopic (exact) mass is 300 g/mol. The largest absolute Gasteiger partial charge is 0.463 e. The number of hydrogen-bond donors (Lipinski definition) is 1. The van der Waals surface area contributed by atoms with Crippen LogP contribution in [0.4, 0.5) is 0 Å². The molecule has 0 amide bonds. The van der Waals surface area contributed by atoms with E-state index in [2.05, 4.69) is 19.1 Å². The first-order valence-corrected chi connectivity index (χ1v) is 7.68. The third-order valence-corrected chi connectivity index (χ3v) is 4.55. The predicted molar refractivity (Wildman–Crippen MR) is 88.2 cm³/mol. The normalized spacial score (nSPS) is 22.8. The quantitative estimate of drug-likeness (QED) is 0.683. The van der Waals surface area contributed by atoms with E-state index in [4.69, 9.17) is 4.74 Å². The van der Waals surface area contributed by atoms with Crippen molar-refractivity contribution in [2.75, 3.05) is 6.61 Å². The minimum Gasteiger partial charge on any atom is -0.463 e. The predicted octanol–water partition coefficient (Wildman–Crippen LogP) is 3.74. The molecule has 22 heavy (non-hydrogen) atoms. The molecule has 1 aromatic carbocycles. The van der Waals surface area contributed by atoms with Crippen LogP contribution in [0.2, 0.25) is 0 Å². The van der Waals surface area contributed by atoms with Gasteiger partial charge in [-0.1, -0.05) is 49.8 Å². The Morgan fingerprint density at radius 3 is 2.59 bits per heavy atom. The molecule has 0 radical (unpaired) electrons. The average molecular weight is 300 g/mol. The second-order valence-corrected chi connectivity index (χ2v) is 6.24. The number of carbonyl (C=O) groups is 1. The van der Waals surface area contributed by atoms with Crippen molar-refractivity contribution in [1.29, 1.82) is 0 Å². The van der Waals surface area contributed by atoms with Crippen LogP contribution in [0.1, 0.15) is 39.7 Å². The first kappa shape index (κ1) is 16.5. The van der Waals surface area contributed by atoms with Gasteiger partial charge in [0.1, 0.15) is 0 Å². The van der Waals surface area contributed by atoms with Crippen LogP contribution in [0, 0.1) is 5.41 Å². The summed E-state index contributed by atoms with van der Waals surface area (Å²) in [6.45, 7) is 8.19. The van der Waals surface area contributed by atoms with Crippen molar-refractivity contribution in [1.82, 2.24) is 0 Å². The molecule has 1 unspecified atom stereocenters. The summed E-state index contributed by atoms with van der Waals surface area (Å²) >= 11 is 0. The standard InChI is InChI=1S/C19H24O3/c1-5-22-17(20)12-15-11-16(14-9-7-6-8-10-14)13(2)19(3,4)18(15)21/h6-10,12,18,21H,5,11H2,1-4H3/b15-12-. The summed E-state index contributed by atoms with van der Waals surface area (Å²) in [7, 11) is 0. The van der Waals surface area contributed by atoms with Crippen molar-refractivity contribution >= 4 is 11.5 Å². The van der Waals surface area contributed by atoms with Crippen molar-refractivity contribution in [2.24, 2.45) is 5.41 Å². The number of esters is 1. The molecule has 0 heterocycles. The van der Waals surface area contributed by atoms with Gasteiger partial charge in [-0.3, -0.25) is 0 Å². The molecule has 1 atom stereocenters. The van der Waals surface area contributed by atoms with Crippen molar-refractivity contribution in [2.45, 2.75) is 40.2 Å². The molecule has 0 bridgehead atoms. The molecule has 2 rings (SSSR count). The number of ether oxygens (including phenoxy) is 1. The molecule has 1 aliphatic rings. The van der Waals surface area contributed by atoms with Crippen LogP contribution in [-0.4, -0.2) is 23.8 Å². The van der Waals surface area contributed by atoms with Crippen molar-refractivity contribution in [3.05, 3.63) is 53.1 Å². The van der Waals surface area contributed by atoms with E-state index in [1.54, 1.807) is 6.92 Å². The molecule has 1 aliphatic carbocycles. The van der Waals surface area contributed by atoms with Crippen LogP contribution in [0.15, 0.2) is 47.6 Å². The molecule has 3 heteroatoms. The van der Waals surface area contributed by atoms with Gasteiger partial charge in [0, 0.05) is 11.5 Å². The number of benzene rings is 1. The van der Waals surface area contributed by atoms with Gasteiger partial charge in [-0.25, -0.2) is 4.79 Å². The van der Waals surface area contributed by atoms with Gasteiger partial charge < -0.3 is 9.84 Å². The van der Waals surface area contributed by atoms with Gasteiger partial charge in [-0.2, -0.15) is 0 Å². The smallest absolute Gasteiger partial charge is 0.330 e. The number of aliphatic hydroxyl groups is 1. The molecule has 0 aromatic heterocycles. The maximum Gasteiger partial charge on any atom is 0.330 e. The Morgan fingerprint density at radius 2 is 2.00 bits per heavy atom. The van der Waals surface area contributed by atoms with E-state index in [0.29, 0.717) is 18.6 Å². The van der Waals surface area contributed by atoms with E-state index in [0.717, 1.165) is 11.1 Å². The van der Waals surface area contributed by atoms with E-state index in [1.807, 2.05) is 32.0 Å². The molecular formula is C19H24O3. The van der Waals surface area contributed by atoms with Crippen LogP contribution in [0.25, 0.3) is 5.57 Å². The SMILES string of the molecule is CCOC(=O)/C=C1/CC(c2ccccc2)=C(C)C(C)(C)C1O. The van der Waals surface area contributed by atoms with Gasteiger partial charge in [-0.05, 0) is 37.0 Å². The summed E-state index contributed by atoms with van der Waals surface area (Å²) in [5, 5.41) is 10.6. The van der Waals surface area contributed by atoms with E-state index < -0.39 is 11.5 Å². The van der Waals surface area contributed by atoms with Gasteiger partial charge in [0.25, 0.3) is 0 Å². The van der Waals surface area contributed by atoms with Gasteiger partial charge in [0.2, 0.25) is 0 Å². The van der Waals surface area contributed by atoms with Crippen LogP contribution in [0.5, 0.6) is 0 Å². The summed E-state index contributed by atoms with van der Waals surface area (Å²) in [5.74, 6) is -0.390. The first-order valence-electron chi connectivity index (χ1n) is 7.68. The molecule has 3 nitrogen and oxygen atoms in total. The second kappa shape index (κ2) is 6.49. The summed E-state index contributed by atoms with van der Waals surface area (Å²) < 4.78 is 4.99. The van der Waals surface area contributed by atoms with E-state index in [9.17, 15) is 9.90 Å². The summed E-state index contributed by atoms with van der Waals surface area (Å²) in [5.41, 5.74) is 3.77. The Morgan fingerprint density at radius 1 is 1.36 bits per heavy atom. The van der Waals surface area contributed by atoms with Gasteiger partial charge in [0.15, 0.2) is 0 Å². The lowest BCUT2D eigenvalue weighted by molar-refractivity contribution is -0.137.